The van der Waals surface area contributed by atoms with E-state index >= 15 is 0 Å². The lowest BCUT2D eigenvalue weighted by Crippen LogP contribution is -2.06. The molecule has 20 heavy (non-hydrogen) atoms. The van der Waals surface area contributed by atoms with Gasteiger partial charge in [0.1, 0.15) is 0 Å². The molecule has 0 saturated carbocycles. The normalized spacial score (nSPS) is 12.4. The predicted molar refractivity (Wildman–Crippen MR) is 81.8 cm³/mol. The molecule has 0 aliphatic heterocycles. The molecular formula is C15H14ClF2NS. The van der Waals surface area contributed by atoms with E-state index in [2.05, 4.69) is 5.32 Å². The molecule has 1 atom stereocenters. The third-order valence-corrected chi connectivity index (χ3v) is 3.77. The Hall–Kier alpha value is -1.26. The Labute approximate surface area is 126 Å². The molecule has 5 heteroatoms. The summed E-state index contributed by atoms with van der Waals surface area (Å²) < 4.78 is 24.5. The molecule has 1 unspecified atom stereocenters. The first-order chi connectivity index (χ1) is 9.54. The molecule has 0 bridgehead atoms. The lowest BCUT2D eigenvalue weighted by Gasteiger charge is -2.16. The van der Waals surface area contributed by atoms with Crippen molar-refractivity contribution in [3.05, 3.63) is 59.1 Å². The molecule has 1 N–H and O–H groups in total. The molecule has 0 aromatic heterocycles. The fourth-order valence-electron chi connectivity index (χ4n) is 1.84. The summed E-state index contributed by atoms with van der Waals surface area (Å²) >= 11 is 6.51. The first-order valence-corrected chi connectivity index (χ1v) is 7.37. The number of anilines is 1. The molecule has 2 aromatic carbocycles. The molecular weight excluding hydrogens is 300 g/mol. The molecule has 0 radical (unpaired) electrons. The van der Waals surface area contributed by atoms with Crippen LogP contribution in [0.3, 0.4) is 0 Å². The fraction of sp³-hybridized carbons (Fsp3) is 0.200. The molecule has 0 aliphatic carbocycles. The molecule has 0 saturated heterocycles. The first kappa shape index (κ1) is 15.1. The van der Waals surface area contributed by atoms with Crippen molar-refractivity contribution in [3.8, 4) is 0 Å². The van der Waals surface area contributed by atoms with Crippen LogP contribution in [-0.2, 0) is 0 Å². The van der Waals surface area contributed by atoms with E-state index in [9.17, 15) is 8.78 Å². The zero-order valence-corrected chi connectivity index (χ0v) is 12.4. The molecule has 0 amide bonds. The summed E-state index contributed by atoms with van der Waals surface area (Å²) in [6, 6.07) is 14.7. The smallest absolute Gasteiger partial charge is 0.288 e. The van der Waals surface area contributed by atoms with Gasteiger partial charge in [0.2, 0.25) is 0 Å². The summed E-state index contributed by atoms with van der Waals surface area (Å²) in [6.07, 6.45) is 0. The molecule has 106 valence electrons. The number of alkyl halides is 2. The number of halogens is 3. The summed E-state index contributed by atoms with van der Waals surface area (Å²) in [7, 11) is 0. The highest BCUT2D eigenvalue weighted by atomic mass is 35.5. The van der Waals surface area contributed by atoms with Gasteiger partial charge in [-0.1, -0.05) is 35.5 Å². The summed E-state index contributed by atoms with van der Waals surface area (Å²) in [6.45, 7) is 2.02. The standard InChI is InChI=1S/C15H14ClF2NS/c1-10(11-3-2-4-12(16)9-11)19-13-5-7-14(8-6-13)20-15(17)18/h2-10,15,19H,1H3. The molecule has 0 fully saturated rings. The molecule has 0 spiro atoms. The topological polar surface area (TPSA) is 12.0 Å². The zero-order valence-electron chi connectivity index (χ0n) is 10.8. The molecule has 0 aliphatic rings. The Morgan fingerprint density at radius 3 is 2.40 bits per heavy atom. The maximum absolute atomic E-state index is 12.2. The van der Waals surface area contributed by atoms with Crippen LogP contribution in [0.4, 0.5) is 14.5 Å². The van der Waals surface area contributed by atoms with Gasteiger partial charge in [0.15, 0.2) is 0 Å². The second-order valence-electron chi connectivity index (χ2n) is 4.32. The quantitative estimate of drug-likeness (QED) is 0.697. The average molecular weight is 314 g/mol. The van der Waals surface area contributed by atoms with Crippen molar-refractivity contribution in [2.75, 3.05) is 5.32 Å². The minimum Gasteiger partial charge on any atom is -0.379 e. The highest BCUT2D eigenvalue weighted by molar-refractivity contribution is 7.99. The number of nitrogens with one attached hydrogen (secondary N) is 1. The summed E-state index contributed by atoms with van der Waals surface area (Å²) in [5.74, 6) is -2.39. The SMILES string of the molecule is CC(Nc1ccc(SC(F)F)cc1)c1cccc(Cl)c1. The van der Waals surface area contributed by atoms with E-state index in [0.29, 0.717) is 21.7 Å². The van der Waals surface area contributed by atoms with E-state index in [1.165, 1.54) is 0 Å². The highest BCUT2D eigenvalue weighted by Gasteiger charge is 2.07. The Kier molecular flexibility index (Phi) is 5.26. The second-order valence-corrected chi connectivity index (χ2v) is 5.82. The molecule has 2 rings (SSSR count). The van der Waals surface area contributed by atoms with Crippen LogP contribution >= 0.6 is 23.4 Å². The van der Waals surface area contributed by atoms with Crippen molar-refractivity contribution in [3.63, 3.8) is 0 Å². The van der Waals surface area contributed by atoms with Gasteiger partial charge in [-0.25, -0.2) is 0 Å². The van der Waals surface area contributed by atoms with Crippen molar-refractivity contribution < 1.29 is 8.78 Å². The highest BCUT2D eigenvalue weighted by Crippen LogP contribution is 2.27. The lowest BCUT2D eigenvalue weighted by molar-refractivity contribution is 0.252. The third kappa shape index (κ3) is 4.39. The molecule has 2 aromatic rings. The first-order valence-electron chi connectivity index (χ1n) is 6.11. The number of benzene rings is 2. The number of thioether (sulfide) groups is 1. The van der Waals surface area contributed by atoms with Crippen LogP contribution in [0, 0.1) is 0 Å². The van der Waals surface area contributed by atoms with Gasteiger partial charge in [-0.05, 0) is 48.9 Å². The van der Waals surface area contributed by atoms with Crippen molar-refractivity contribution in [1.29, 1.82) is 0 Å². The zero-order chi connectivity index (χ0) is 14.5. The monoisotopic (exact) mass is 313 g/mol. The van der Waals surface area contributed by atoms with E-state index in [4.69, 9.17) is 11.6 Å². The van der Waals surface area contributed by atoms with Crippen LogP contribution < -0.4 is 5.32 Å². The Morgan fingerprint density at radius 1 is 1.10 bits per heavy atom. The van der Waals surface area contributed by atoms with Crippen molar-refractivity contribution >= 4 is 29.1 Å². The third-order valence-electron chi connectivity index (χ3n) is 2.81. The molecule has 0 heterocycles. The summed E-state index contributed by atoms with van der Waals surface area (Å²) in [4.78, 5) is 0.556. The van der Waals surface area contributed by atoms with Gasteiger partial charge >= 0.3 is 0 Å². The van der Waals surface area contributed by atoms with Crippen molar-refractivity contribution in [1.82, 2.24) is 0 Å². The van der Waals surface area contributed by atoms with Gasteiger partial charge < -0.3 is 5.32 Å². The summed E-state index contributed by atoms with van der Waals surface area (Å²) in [5.41, 5.74) is 1.96. The van der Waals surface area contributed by atoms with Crippen molar-refractivity contribution in [2.45, 2.75) is 23.6 Å². The number of hydrogen-bond donors (Lipinski definition) is 1. The van der Waals surface area contributed by atoms with Gasteiger partial charge in [0.05, 0.1) is 0 Å². The number of hydrogen-bond acceptors (Lipinski definition) is 2. The largest absolute Gasteiger partial charge is 0.379 e. The van der Waals surface area contributed by atoms with Crippen LogP contribution in [0.2, 0.25) is 5.02 Å². The van der Waals surface area contributed by atoms with Gasteiger partial charge in [0.25, 0.3) is 5.76 Å². The Balaban J connectivity index is 2.02. The van der Waals surface area contributed by atoms with Crippen LogP contribution in [-0.4, -0.2) is 5.76 Å². The van der Waals surface area contributed by atoms with Crippen LogP contribution in [0.25, 0.3) is 0 Å². The summed E-state index contributed by atoms with van der Waals surface area (Å²) in [5, 5.41) is 4.00. The van der Waals surface area contributed by atoms with Gasteiger partial charge in [-0.3, -0.25) is 0 Å². The maximum Gasteiger partial charge on any atom is 0.288 e. The van der Waals surface area contributed by atoms with E-state index in [-0.39, 0.29) is 6.04 Å². The van der Waals surface area contributed by atoms with E-state index < -0.39 is 5.76 Å². The average Bonchev–Trinajstić information content (AvgIpc) is 2.40. The second kappa shape index (κ2) is 6.95. The van der Waals surface area contributed by atoms with Gasteiger partial charge in [-0.2, -0.15) is 8.78 Å². The van der Waals surface area contributed by atoms with Gasteiger partial charge in [-0.15, -0.1) is 0 Å². The molecule has 1 nitrogen and oxygen atoms in total. The van der Waals surface area contributed by atoms with Crippen LogP contribution in [0.5, 0.6) is 0 Å². The predicted octanol–water partition coefficient (Wildman–Crippen LogP) is 5.83. The van der Waals surface area contributed by atoms with Gasteiger partial charge in [0, 0.05) is 21.6 Å². The Bertz CT molecular complexity index is 560. The van der Waals surface area contributed by atoms with E-state index in [1.807, 2.05) is 31.2 Å². The Morgan fingerprint density at radius 2 is 1.80 bits per heavy atom. The number of rotatable bonds is 5. The maximum atomic E-state index is 12.2. The van der Waals surface area contributed by atoms with E-state index in [1.54, 1.807) is 24.3 Å². The van der Waals surface area contributed by atoms with Crippen LogP contribution in [0.15, 0.2) is 53.4 Å². The lowest BCUT2D eigenvalue weighted by atomic mass is 10.1. The van der Waals surface area contributed by atoms with Crippen LogP contribution in [0.1, 0.15) is 18.5 Å². The fourth-order valence-corrected chi connectivity index (χ4v) is 2.54. The van der Waals surface area contributed by atoms with E-state index in [0.717, 1.165) is 11.3 Å². The minimum absolute atomic E-state index is 0.0855. The van der Waals surface area contributed by atoms with Crippen molar-refractivity contribution in [2.24, 2.45) is 0 Å². The minimum atomic E-state index is -2.39.